The molecule has 160 valence electrons. The summed E-state index contributed by atoms with van der Waals surface area (Å²) in [6.45, 7) is 6.06. The van der Waals surface area contributed by atoms with Crippen LogP contribution < -0.4 is 10.1 Å². The number of H-pyrrole nitrogens is 1. The first kappa shape index (κ1) is 19.7. The highest BCUT2D eigenvalue weighted by atomic mass is 16.5. The fourth-order valence-electron chi connectivity index (χ4n) is 3.44. The number of pyridine rings is 1. The zero-order valence-electron chi connectivity index (χ0n) is 17.8. The monoisotopic (exact) mass is 427 g/mol. The number of carbonyl (C=O) groups is 1. The van der Waals surface area contributed by atoms with Crippen molar-refractivity contribution in [2.75, 3.05) is 5.32 Å². The number of hydrogen-bond acceptors (Lipinski definition) is 6. The SMILES string of the molecule is CC(C)(C)c1cc(NC(=O)c2cccc3cc(Oc4ccnc5[nH]ncc45)ccc23)no1. The van der Waals surface area contributed by atoms with E-state index in [1.807, 2.05) is 51.1 Å². The summed E-state index contributed by atoms with van der Waals surface area (Å²) < 4.78 is 11.4. The third-order valence-corrected chi connectivity index (χ3v) is 5.13. The van der Waals surface area contributed by atoms with E-state index in [9.17, 15) is 4.79 Å². The number of hydrogen-bond donors (Lipinski definition) is 2. The number of anilines is 1. The quantitative estimate of drug-likeness (QED) is 0.395. The van der Waals surface area contributed by atoms with Gasteiger partial charge in [-0.25, -0.2) is 4.98 Å². The van der Waals surface area contributed by atoms with Gasteiger partial charge in [0.1, 0.15) is 17.3 Å². The van der Waals surface area contributed by atoms with Crippen LogP contribution in [0.15, 0.2) is 65.4 Å². The van der Waals surface area contributed by atoms with Crippen molar-refractivity contribution < 1.29 is 14.1 Å². The van der Waals surface area contributed by atoms with Crippen LogP contribution in [0.2, 0.25) is 0 Å². The second-order valence-corrected chi connectivity index (χ2v) is 8.51. The van der Waals surface area contributed by atoms with Crippen LogP contribution in [0.5, 0.6) is 11.5 Å². The second-order valence-electron chi connectivity index (χ2n) is 8.51. The first-order chi connectivity index (χ1) is 15.4. The van der Waals surface area contributed by atoms with E-state index in [1.165, 1.54) is 0 Å². The van der Waals surface area contributed by atoms with Gasteiger partial charge in [0, 0.05) is 23.2 Å². The summed E-state index contributed by atoms with van der Waals surface area (Å²) in [6, 6.07) is 14.7. The van der Waals surface area contributed by atoms with Gasteiger partial charge in [-0.05, 0) is 41.1 Å². The van der Waals surface area contributed by atoms with Gasteiger partial charge in [-0.1, -0.05) is 38.1 Å². The minimum Gasteiger partial charge on any atom is -0.456 e. The van der Waals surface area contributed by atoms with E-state index in [1.54, 1.807) is 30.6 Å². The molecule has 0 saturated carbocycles. The molecule has 5 rings (SSSR count). The maximum atomic E-state index is 12.9. The van der Waals surface area contributed by atoms with Crippen LogP contribution in [0, 0.1) is 0 Å². The third-order valence-electron chi connectivity index (χ3n) is 5.13. The van der Waals surface area contributed by atoms with Crippen LogP contribution in [0.3, 0.4) is 0 Å². The van der Waals surface area contributed by atoms with E-state index in [4.69, 9.17) is 9.26 Å². The summed E-state index contributed by atoms with van der Waals surface area (Å²) in [5, 5.41) is 16.1. The first-order valence-corrected chi connectivity index (χ1v) is 10.2. The Morgan fingerprint density at radius 2 is 1.97 bits per heavy atom. The Hall–Kier alpha value is -4.20. The van der Waals surface area contributed by atoms with E-state index in [0.717, 1.165) is 16.2 Å². The molecular formula is C24H21N5O3. The number of rotatable bonds is 4. The van der Waals surface area contributed by atoms with Crippen LogP contribution in [-0.2, 0) is 5.41 Å². The van der Waals surface area contributed by atoms with Gasteiger partial charge in [0.05, 0.1) is 11.6 Å². The average Bonchev–Trinajstić information content (AvgIpc) is 3.43. The van der Waals surface area contributed by atoms with Gasteiger partial charge in [-0.15, -0.1) is 0 Å². The molecule has 0 saturated heterocycles. The Morgan fingerprint density at radius 3 is 2.78 bits per heavy atom. The smallest absolute Gasteiger partial charge is 0.257 e. The summed E-state index contributed by atoms with van der Waals surface area (Å²) >= 11 is 0. The van der Waals surface area contributed by atoms with E-state index < -0.39 is 0 Å². The van der Waals surface area contributed by atoms with Gasteiger partial charge in [-0.2, -0.15) is 5.10 Å². The zero-order chi connectivity index (χ0) is 22.3. The number of ether oxygens (including phenoxy) is 1. The van der Waals surface area contributed by atoms with Crippen molar-refractivity contribution in [3.63, 3.8) is 0 Å². The fraction of sp³-hybridized carbons (Fsp3) is 0.167. The summed E-state index contributed by atoms with van der Waals surface area (Å²) in [5.41, 5.74) is 1.00. The predicted molar refractivity (Wildman–Crippen MR) is 121 cm³/mol. The lowest BCUT2D eigenvalue weighted by atomic mass is 9.93. The third kappa shape index (κ3) is 3.66. The van der Waals surface area contributed by atoms with Gasteiger partial charge in [0.25, 0.3) is 5.91 Å². The molecule has 0 aliphatic rings. The normalized spacial score (nSPS) is 11.7. The van der Waals surface area contributed by atoms with Crippen molar-refractivity contribution in [3.05, 3.63) is 72.2 Å². The van der Waals surface area contributed by atoms with Crippen molar-refractivity contribution in [3.8, 4) is 11.5 Å². The maximum Gasteiger partial charge on any atom is 0.257 e. The van der Waals surface area contributed by atoms with Crippen LogP contribution in [0.25, 0.3) is 21.8 Å². The Labute approximate surface area is 183 Å². The van der Waals surface area contributed by atoms with Gasteiger partial charge in [0.15, 0.2) is 11.5 Å². The number of fused-ring (bicyclic) bond motifs is 2. The number of carbonyl (C=O) groups excluding carboxylic acids is 1. The molecule has 0 spiro atoms. The average molecular weight is 427 g/mol. The molecule has 32 heavy (non-hydrogen) atoms. The molecule has 2 aromatic carbocycles. The molecule has 3 heterocycles. The molecule has 0 atom stereocenters. The number of nitrogens with one attached hydrogen (secondary N) is 2. The molecule has 8 nitrogen and oxygen atoms in total. The molecular weight excluding hydrogens is 406 g/mol. The summed E-state index contributed by atoms with van der Waals surface area (Å²) in [6.07, 6.45) is 3.34. The Kier molecular flexibility index (Phi) is 4.62. The van der Waals surface area contributed by atoms with Gasteiger partial charge < -0.3 is 14.6 Å². The summed E-state index contributed by atoms with van der Waals surface area (Å²) in [7, 11) is 0. The minimum absolute atomic E-state index is 0.192. The maximum absolute atomic E-state index is 12.9. The molecule has 5 aromatic rings. The molecule has 3 aromatic heterocycles. The first-order valence-electron chi connectivity index (χ1n) is 10.2. The fourth-order valence-corrected chi connectivity index (χ4v) is 3.44. The minimum atomic E-state index is -0.257. The lowest BCUT2D eigenvalue weighted by molar-refractivity contribution is 0.102. The van der Waals surface area contributed by atoms with Gasteiger partial charge in [0.2, 0.25) is 0 Å². The van der Waals surface area contributed by atoms with Crippen molar-refractivity contribution in [1.29, 1.82) is 0 Å². The van der Waals surface area contributed by atoms with Crippen LogP contribution in [0.4, 0.5) is 5.82 Å². The Balaban J connectivity index is 1.42. The molecule has 0 aliphatic carbocycles. The molecule has 0 bridgehead atoms. The van der Waals surface area contributed by atoms with Crippen molar-refractivity contribution in [1.82, 2.24) is 20.3 Å². The standard InChI is InChI=1S/C24H21N5O3/c1-24(2,3)20-12-21(29-32-20)27-23(30)17-6-4-5-14-11-15(7-8-16(14)17)31-19-9-10-25-22-18(19)13-26-28-22/h4-13H,1-3H3,(H,25,26,28)(H,27,29,30). The van der Waals surface area contributed by atoms with E-state index in [0.29, 0.717) is 34.3 Å². The van der Waals surface area contributed by atoms with E-state index in [2.05, 4.69) is 25.7 Å². The molecule has 0 unspecified atom stereocenters. The number of aromatic nitrogens is 4. The number of benzene rings is 2. The number of nitrogens with zero attached hydrogens (tertiary/aromatic N) is 3. The lowest BCUT2D eigenvalue weighted by Crippen LogP contribution is -2.13. The Morgan fingerprint density at radius 1 is 1.09 bits per heavy atom. The van der Waals surface area contributed by atoms with Crippen molar-refractivity contribution >= 4 is 33.5 Å². The Bertz CT molecular complexity index is 1450. The van der Waals surface area contributed by atoms with Gasteiger partial charge >= 0.3 is 0 Å². The molecule has 0 fully saturated rings. The number of amides is 1. The molecule has 0 radical (unpaired) electrons. The van der Waals surface area contributed by atoms with Crippen molar-refractivity contribution in [2.24, 2.45) is 0 Å². The van der Waals surface area contributed by atoms with Crippen LogP contribution in [0.1, 0.15) is 36.9 Å². The zero-order valence-corrected chi connectivity index (χ0v) is 17.8. The summed E-state index contributed by atoms with van der Waals surface area (Å²) in [5.74, 6) is 2.13. The largest absolute Gasteiger partial charge is 0.456 e. The highest BCUT2D eigenvalue weighted by molar-refractivity contribution is 6.12. The molecule has 2 N–H and O–H groups in total. The van der Waals surface area contributed by atoms with E-state index >= 15 is 0 Å². The highest BCUT2D eigenvalue weighted by Crippen LogP contribution is 2.31. The van der Waals surface area contributed by atoms with Crippen molar-refractivity contribution in [2.45, 2.75) is 26.2 Å². The topological polar surface area (TPSA) is 106 Å². The molecule has 0 aliphatic heterocycles. The lowest BCUT2D eigenvalue weighted by Gasteiger charge is -2.12. The predicted octanol–water partition coefficient (Wildman–Crippen LogP) is 5.44. The highest BCUT2D eigenvalue weighted by Gasteiger charge is 2.21. The number of aromatic amines is 1. The van der Waals surface area contributed by atoms with Crippen LogP contribution >= 0.6 is 0 Å². The second kappa shape index (κ2) is 7.49. The van der Waals surface area contributed by atoms with Gasteiger partial charge in [-0.3, -0.25) is 9.89 Å². The van der Waals surface area contributed by atoms with Crippen LogP contribution in [-0.4, -0.2) is 26.2 Å². The van der Waals surface area contributed by atoms with E-state index in [-0.39, 0.29) is 11.3 Å². The molecule has 1 amide bonds. The summed E-state index contributed by atoms with van der Waals surface area (Å²) in [4.78, 5) is 17.2. The molecule has 8 heteroatoms.